The molecule has 0 aliphatic heterocycles. The molecule has 14 rings (SSSR count). The minimum Gasteiger partial charge on any atom is -0.310 e. The lowest BCUT2D eigenvalue weighted by Crippen LogP contribution is -2.28. The van der Waals surface area contributed by atoms with E-state index in [-0.39, 0.29) is 0 Å². The molecule has 0 saturated carbocycles. The number of hydrogen-bond donors (Lipinski definition) is 0. The second kappa shape index (κ2) is 17.4. The predicted molar refractivity (Wildman–Crippen MR) is 307 cm³/mol. The zero-order valence-electron chi connectivity index (χ0n) is 40.1. The van der Waals surface area contributed by atoms with E-state index in [1.54, 1.807) is 0 Å². The Morgan fingerprint density at radius 1 is 0.288 bits per heavy atom. The summed E-state index contributed by atoms with van der Waals surface area (Å²) in [5.74, 6) is 0. The molecular weight excluding hydrogens is 881 g/mol. The van der Waals surface area contributed by atoms with E-state index in [9.17, 15) is 0 Å². The normalized spacial score (nSPS) is 12.5. The molecule has 13 aromatic rings. The van der Waals surface area contributed by atoms with Crippen LogP contribution in [0.15, 0.2) is 291 Å². The molecule has 0 spiro atoms. The SMILES string of the molecule is c1ccc(-c2ccc(N(c3ccc(-c4cccc(-c5ccc6c(c5)c5c7ccccc7ccc5n6-c5ccccc5)c4)cc3)c3ccc4c(c3)C(c3ccccc3)(c3ccccc3)c3ccccc3-4)cc2)cc1. The smallest absolute Gasteiger partial charge is 0.0714 e. The molecule has 0 unspecified atom stereocenters. The van der Waals surface area contributed by atoms with Crippen molar-refractivity contribution in [3.8, 4) is 50.2 Å². The van der Waals surface area contributed by atoms with Crippen LogP contribution < -0.4 is 4.90 Å². The van der Waals surface area contributed by atoms with E-state index in [1.165, 1.54) is 93.8 Å². The number of rotatable bonds is 9. The van der Waals surface area contributed by atoms with Crippen molar-refractivity contribution in [3.63, 3.8) is 0 Å². The van der Waals surface area contributed by atoms with Crippen LogP contribution in [-0.2, 0) is 5.41 Å². The second-order valence-corrected chi connectivity index (χ2v) is 19.2. The third-order valence-electron chi connectivity index (χ3n) is 15.3. The molecule has 2 nitrogen and oxygen atoms in total. The standard InChI is InChI=1S/C71H48N2/c1-5-18-49(19-6-1)50-32-38-59(39-33-50)72(61-42-43-64-63-30-15-16-31-66(63)71(67(64)48-61,56-23-7-2-8-24-56)57-25-9-3-10-26-57)60-40-34-51(35-41-60)53-21-17-22-54(46-53)55-37-44-68-65(47-55)70-62-29-14-13-20-52(62)36-45-69(70)73(68)58-27-11-4-12-28-58/h1-48H. The van der Waals surface area contributed by atoms with Crippen LogP contribution in [-0.4, -0.2) is 4.57 Å². The number of anilines is 3. The van der Waals surface area contributed by atoms with Crippen LogP contribution >= 0.6 is 0 Å². The van der Waals surface area contributed by atoms with Crippen LogP contribution in [0.1, 0.15) is 22.3 Å². The van der Waals surface area contributed by atoms with Gasteiger partial charge in [0.25, 0.3) is 0 Å². The number of hydrogen-bond acceptors (Lipinski definition) is 1. The Kier molecular flexibility index (Phi) is 10.1. The first-order valence-corrected chi connectivity index (χ1v) is 25.2. The Bertz CT molecular complexity index is 4120. The molecule has 0 saturated heterocycles. The highest BCUT2D eigenvalue weighted by Gasteiger charge is 2.46. The lowest BCUT2D eigenvalue weighted by atomic mass is 9.67. The van der Waals surface area contributed by atoms with Crippen molar-refractivity contribution in [2.45, 2.75) is 5.41 Å². The highest BCUT2D eigenvalue weighted by atomic mass is 15.1. The number of para-hydroxylation sites is 1. The summed E-state index contributed by atoms with van der Waals surface area (Å²) in [6.45, 7) is 0. The molecule has 12 aromatic carbocycles. The molecule has 0 atom stereocenters. The lowest BCUT2D eigenvalue weighted by molar-refractivity contribution is 0.768. The maximum absolute atomic E-state index is 2.45. The molecule has 342 valence electrons. The van der Waals surface area contributed by atoms with E-state index in [2.05, 4.69) is 301 Å². The molecule has 2 heteroatoms. The van der Waals surface area contributed by atoms with Crippen LogP contribution in [0.5, 0.6) is 0 Å². The Balaban J connectivity index is 0.885. The summed E-state index contributed by atoms with van der Waals surface area (Å²) >= 11 is 0. The van der Waals surface area contributed by atoms with Crippen molar-refractivity contribution < 1.29 is 0 Å². The van der Waals surface area contributed by atoms with Gasteiger partial charge in [-0.05, 0) is 150 Å². The van der Waals surface area contributed by atoms with E-state index in [0.717, 1.165) is 28.3 Å². The van der Waals surface area contributed by atoms with Gasteiger partial charge in [-0.15, -0.1) is 0 Å². The van der Waals surface area contributed by atoms with Gasteiger partial charge in [0.05, 0.1) is 16.4 Å². The van der Waals surface area contributed by atoms with Crippen molar-refractivity contribution in [1.29, 1.82) is 0 Å². The average molecular weight is 929 g/mol. The summed E-state index contributed by atoms with van der Waals surface area (Å²) in [6, 6.07) is 107. The fourth-order valence-electron chi connectivity index (χ4n) is 12.0. The molecule has 1 aliphatic rings. The Labute approximate surface area is 426 Å². The number of aromatic nitrogens is 1. The summed E-state index contributed by atoms with van der Waals surface area (Å²) in [4.78, 5) is 2.42. The van der Waals surface area contributed by atoms with Gasteiger partial charge in [0.1, 0.15) is 0 Å². The number of nitrogens with zero attached hydrogens (tertiary/aromatic N) is 2. The molecule has 1 heterocycles. The minimum atomic E-state index is -0.514. The van der Waals surface area contributed by atoms with E-state index in [4.69, 9.17) is 0 Å². The molecule has 0 fully saturated rings. The fraction of sp³-hybridized carbons (Fsp3) is 0.0141. The molecule has 1 aliphatic carbocycles. The Hall–Kier alpha value is -9.50. The van der Waals surface area contributed by atoms with Crippen molar-refractivity contribution in [1.82, 2.24) is 4.57 Å². The summed E-state index contributed by atoms with van der Waals surface area (Å²) in [5, 5.41) is 5.04. The molecule has 0 amide bonds. The average Bonchev–Trinajstić information content (AvgIpc) is 3.97. The second-order valence-electron chi connectivity index (χ2n) is 19.2. The first-order chi connectivity index (χ1) is 36.2. The van der Waals surface area contributed by atoms with Gasteiger partial charge < -0.3 is 9.47 Å². The number of fused-ring (bicyclic) bond motifs is 8. The summed E-state index contributed by atoms with van der Waals surface area (Å²) in [7, 11) is 0. The first kappa shape index (κ1) is 42.4. The maximum Gasteiger partial charge on any atom is 0.0714 e. The Morgan fingerprint density at radius 2 is 0.781 bits per heavy atom. The largest absolute Gasteiger partial charge is 0.310 e. The minimum absolute atomic E-state index is 0.514. The molecule has 0 radical (unpaired) electrons. The van der Waals surface area contributed by atoms with Crippen molar-refractivity contribution >= 4 is 49.6 Å². The van der Waals surface area contributed by atoms with Gasteiger partial charge in [0.2, 0.25) is 0 Å². The van der Waals surface area contributed by atoms with Crippen molar-refractivity contribution in [2.75, 3.05) is 4.90 Å². The zero-order valence-corrected chi connectivity index (χ0v) is 40.1. The van der Waals surface area contributed by atoms with Crippen molar-refractivity contribution in [3.05, 3.63) is 313 Å². The number of benzene rings is 12. The van der Waals surface area contributed by atoms with Gasteiger partial charge >= 0.3 is 0 Å². The van der Waals surface area contributed by atoms with Crippen LogP contribution in [0.25, 0.3) is 82.8 Å². The van der Waals surface area contributed by atoms with Gasteiger partial charge in [0.15, 0.2) is 0 Å². The van der Waals surface area contributed by atoms with E-state index >= 15 is 0 Å². The van der Waals surface area contributed by atoms with Gasteiger partial charge in [-0.1, -0.05) is 218 Å². The van der Waals surface area contributed by atoms with Crippen molar-refractivity contribution in [2.24, 2.45) is 0 Å². The summed E-state index contributed by atoms with van der Waals surface area (Å²) in [6.07, 6.45) is 0. The monoisotopic (exact) mass is 928 g/mol. The molecule has 73 heavy (non-hydrogen) atoms. The fourth-order valence-corrected chi connectivity index (χ4v) is 12.0. The van der Waals surface area contributed by atoms with Gasteiger partial charge in [-0.2, -0.15) is 0 Å². The molecule has 1 aromatic heterocycles. The molecule has 0 N–H and O–H groups in total. The highest BCUT2D eigenvalue weighted by molar-refractivity contribution is 6.22. The maximum atomic E-state index is 2.45. The summed E-state index contributed by atoms with van der Waals surface area (Å²) in [5.41, 5.74) is 21.0. The van der Waals surface area contributed by atoms with Gasteiger partial charge in [0, 0.05) is 33.5 Å². The first-order valence-electron chi connectivity index (χ1n) is 25.2. The Morgan fingerprint density at radius 3 is 1.48 bits per heavy atom. The zero-order chi connectivity index (χ0) is 48.3. The van der Waals surface area contributed by atoms with Gasteiger partial charge in [-0.3, -0.25) is 0 Å². The topological polar surface area (TPSA) is 8.17 Å². The summed E-state index contributed by atoms with van der Waals surface area (Å²) < 4.78 is 2.41. The van der Waals surface area contributed by atoms with Crippen LogP contribution in [0.4, 0.5) is 17.1 Å². The van der Waals surface area contributed by atoms with E-state index in [0.29, 0.717) is 0 Å². The molecular formula is C71H48N2. The highest BCUT2D eigenvalue weighted by Crippen LogP contribution is 2.57. The van der Waals surface area contributed by atoms with Gasteiger partial charge in [-0.25, -0.2) is 0 Å². The third kappa shape index (κ3) is 6.94. The lowest BCUT2D eigenvalue weighted by Gasteiger charge is -2.35. The predicted octanol–water partition coefficient (Wildman–Crippen LogP) is 18.8. The van der Waals surface area contributed by atoms with Crippen LogP contribution in [0.2, 0.25) is 0 Å². The van der Waals surface area contributed by atoms with E-state index in [1.807, 2.05) is 0 Å². The van der Waals surface area contributed by atoms with Crippen LogP contribution in [0.3, 0.4) is 0 Å². The quantitative estimate of drug-likeness (QED) is 0.140. The third-order valence-corrected chi connectivity index (χ3v) is 15.3. The molecule has 0 bridgehead atoms. The van der Waals surface area contributed by atoms with Crippen LogP contribution in [0, 0.1) is 0 Å². The van der Waals surface area contributed by atoms with E-state index < -0.39 is 5.41 Å².